The molecule has 0 bridgehead atoms. The summed E-state index contributed by atoms with van der Waals surface area (Å²) in [4.78, 5) is 0. The molecule has 19 heavy (non-hydrogen) atoms. The number of nitriles is 1. The van der Waals surface area contributed by atoms with Crippen LogP contribution in [0, 0.1) is 17.1 Å². The van der Waals surface area contributed by atoms with Gasteiger partial charge in [-0.1, -0.05) is 39.7 Å². The smallest absolute Gasteiger partial charge is 0.148 e. The molecule has 0 heterocycles. The second kappa shape index (κ2) is 6.05. The number of ether oxygens (including phenoxy) is 1. The van der Waals surface area contributed by atoms with Crippen LogP contribution in [0.2, 0.25) is 5.02 Å². The molecule has 0 spiro atoms. The summed E-state index contributed by atoms with van der Waals surface area (Å²) < 4.78 is 19.1. The Kier molecular flexibility index (Phi) is 4.41. The van der Waals surface area contributed by atoms with Crippen LogP contribution in [0.5, 0.6) is 11.5 Å². The van der Waals surface area contributed by atoms with Gasteiger partial charge in [-0.15, -0.1) is 0 Å². The molecule has 2 aromatic rings. The van der Waals surface area contributed by atoms with Gasteiger partial charge in [0.1, 0.15) is 28.9 Å². The van der Waals surface area contributed by atoms with Crippen LogP contribution in [0.25, 0.3) is 0 Å². The number of hydrogen-bond acceptors (Lipinski definition) is 2. The van der Waals surface area contributed by atoms with E-state index in [1.54, 1.807) is 30.3 Å². The monoisotopic (exact) mass is 339 g/mol. The summed E-state index contributed by atoms with van der Waals surface area (Å²) in [6.07, 6.45) is 0. The Morgan fingerprint density at radius 1 is 1.21 bits per heavy atom. The first kappa shape index (κ1) is 13.9. The lowest BCUT2D eigenvalue weighted by Gasteiger charge is -2.12. The zero-order valence-electron chi connectivity index (χ0n) is 9.66. The molecule has 0 atom stereocenters. The normalized spacial score (nSPS) is 10.0. The van der Waals surface area contributed by atoms with Crippen molar-refractivity contribution in [3.05, 3.63) is 58.4 Å². The van der Waals surface area contributed by atoms with Crippen LogP contribution in [-0.4, -0.2) is 0 Å². The highest BCUT2D eigenvalue weighted by Crippen LogP contribution is 2.33. The average Bonchev–Trinajstić information content (AvgIpc) is 2.39. The number of alkyl halides is 1. The minimum atomic E-state index is -0.609. The fraction of sp³-hybridized carbons (Fsp3) is 0.0714. The number of hydrogen-bond donors (Lipinski definition) is 0. The van der Waals surface area contributed by atoms with Crippen molar-refractivity contribution in [3.8, 4) is 17.6 Å². The Hall–Kier alpha value is -1.57. The van der Waals surface area contributed by atoms with Gasteiger partial charge in [-0.3, -0.25) is 0 Å². The van der Waals surface area contributed by atoms with E-state index < -0.39 is 5.82 Å². The van der Waals surface area contributed by atoms with Gasteiger partial charge in [-0.25, -0.2) is 4.39 Å². The van der Waals surface area contributed by atoms with Crippen LogP contribution in [0.3, 0.4) is 0 Å². The van der Waals surface area contributed by atoms with Crippen molar-refractivity contribution < 1.29 is 9.13 Å². The zero-order chi connectivity index (χ0) is 13.8. The molecule has 0 saturated heterocycles. The van der Waals surface area contributed by atoms with Crippen molar-refractivity contribution in [2.24, 2.45) is 0 Å². The summed E-state index contributed by atoms with van der Waals surface area (Å²) in [7, 11) is 0. The summed E-state index contributed by atoms with van der Waals surface area (Å²) >= 11 is 9.37. The van der Waals surface area contributed by atoms with E-state index in [2.05, 4.69) is 15.9 Å². The topological polar surface area (TPSA) is 33.0 Å². The fourth-order valence-electron chi connectivity index (χ4n) is 1.58. The second-order valence-electron chi connectivity index (χ2n) is 3.68. The molecule has 0 N–H and O–H groups in total. The first-order chi connectivity index (χ1) is 9.17. The minimum Gasteiger partial charge on any atom is -0.455 e. The van der Waals surface area contributed by atoms with Gasteiger partial charge >= 0.3 is 0 Å². The Bertz CT molecular complexity index is 654. The van der Waals surface area contributed by atoms with E-state index in [9.17, 15) is 4.39 Å². The summed E-state index contributed by atoms with van der Waals surface area (Å²) in [5.41, 5.74) is 0.625. The average molecular weight is 341 g/mol. The molecule has 0 fully saturated rings. The van der Waals surface area contributed by atoms with Gasteiger partial charge in [0.25, 0.3) is 0 Å². The minimum absolute atomic E-state index is 0.122. The first-order valence-electron chi connectivity index (χ1n) is 5.37. The van der Waals surface area contributed by atoms with Crippen molar-refractivity contribution in [2.75, 3.05) is 0 Å². The van der Waals surface area contributed by atoms with Gasteiger partial charge < -0.3 is 4.74 Å². The first-order valence-corrected chi connectivity index (χ1v) is 6.87. The van der Waals surface area contributed by atoms with Gasteiger partial charge in [-0.2, -0.15) is 5.26 Å². The molecule has 0 amide bonds. The van der Waals surface area contributed by atoms with Gasteiger partial charge in [0.05, 0.1) is 0 Å². The molecule has 0 aromatic heterocycles. The fourth-order valence-corrected chi connectivity index (χ4v) is 2.55. The molecule has 0 saturated carbocycles. The highest BCUT2D eigenvalue weighted by molar-refractivity contribution is 9.08. The maximum Gasteiger partial charge on any atom is 0.148 e. The predicted octanol–water partition coefficient (Wildman–Crippen LogP) is 5.04. The number of rotatable bonds is 3. The van der Waals surface area contributed by atoms with Crippen molar-refractivity contribution in [2.45, 2.75) is 5.33 Å². The van der Waals surface area contributed by atoms with Crippen LogP contribution in [0.1, 0.15) is 11.1 Å². The Morgan fingerprint density at radius 2 is 1.89 bits per heavy atom. The zero-order valence-corrected chi connectivity index (χ0v) is 12.0. The maximum absolute atomic E-state index is 13.5. The molecular weight excluding hydrogens is 333 g/mol. The largest absolute Gasteiger partial charge is 0.455 e. The number of benzene rings is 2. The van der Waals surface area contributed by atoms with Crippen molar-refractivity contribution in [3.63, 3.8) is 0 Å². The third-order valence-corrected chi connectivity index (χ3v) is 3.43. The van der Waals surface area contributed by atoms with Gasteiger partial charge in [-0.05, 0) is 24.3 Å². The van der Waals surface area contributed by atoms with Crippen LogP contribution in [0.4, 0.5) is 4.39 Å². The van der Waals surface area contributed by atoms with E-state index in [1.165, 1.54) is 12.1 Å². The van der Waals surface area contributed by atoms with Gasteiger partial charge in [0.2, 0.25) is 0 Å². The lowest BCUT2D eigenvalue weighted by molar-refractivity contribution is 0.470. The van der Waals surface area contributed by atoms with Crippen molar-refractivity contribution in [1.29, 1.82) is 5.26 Å². The van der Waals surface area contributed by atoms with Gasteiger partial charge in [0, 0.05) is 15.9 Å². The van der Waals surface area contributed by atoms with E-state index in [0.717, 1.165) is 5.56 Å². The van der Waals surface area contributed by atoms with Crippen LogP contribution < -0.4 is 4.74 Å². The van der Waals surface area contributed by atoms with E-state index in [0.29, 0.717) is 16.1 Å². The summed E-state index contributed by atoms with van der Waals surface area (Å²) in [5, 5.41) is 10.00. The molecule has 0 aliphatic carbocycles. The molecule has 5 heteroatoms. The highest BCUT2D eigenvalue weighted by atomic mass is 79.9. The standard InChI is InChI=1S/C14H8BrClFNO/c15-7-9-11(16)3-1-5-13(9)19-14-6-2-4-12(17)10(14)8-18/h1-6H,7H2. The molecule has 2 aromatic carbocycles. The molecule has 0 aliphatic heterocycles. The Morgan fingerprint density at radius 3 is 2.58 bits per heavy atom. The molecule has 0 unspecified atom stereocenters. The number of halogens is 3. The summed E-state index contributed by atoms with van der Waals surface area (Å²) in [5.74, 6) is 0.0564. The maximum atomic E-state index is 13.5. The van der Waals surface area contributed by atoms with Crippen LogP contribution in [0.15, 0.2) is 36.4 Å². The molecule has 2 nitrogen and oxygen atoms in total. The third-order valence-electron chi connectivity index (χ3n) is 2.52. The Balaban J connectivity index is 2.46. The van der Waals surface area contributed by atoms with Gasteiger partial charge in [0.15, 0.2) is 0 Å². The van der Waals surface area contributed by atoms with E-state index in [4.69, 9.17) is 21.6 Å². The summed E-state index contributed by atoms with van der Waals surface area (Å²) in [6, 6.07) is 11.2. The molecule has 0 radical (unpaired) electrons. The molecular formula is C14H8BrClFNO. The third kappa shape index (κ3) is 2.89. The highest BCUT2D eigenvalue weighted by Gasteiger charge is 2.13. The SMILES string of the molecule is N#Cc1c(F)cccc1Oc1cccc(Cl)c1CBr. The second-order valence-corrected chi connectivity index (χ2v) is 4.64. The summed E-state index contributed by atoms with van der Waals surface area (Å²) in [6.45, 7) is 0. The Labute approximate surface area is 123 Å². The quantitative estimate of drug-likeness (QED) is 0.733. The molecule has 96 valence electrons. The lowest BCUT2D eigenvalue weighted by Crippen LogP contribution is -1.94. The van der Waals surface area contributed by atoms with Crippen molar-refractivity contribution >= 4 is 27.5 Å². The predicted molar refractivity (Wildman–Crippen MR) is 75.3 cm³/mol. The van der Waals surface area contributed by atoms with E-state index >= 15 is 0 Å². The van der Waals surface area contributed by atoms with Crippen LogP contribution >= 0.6 is 27.5 Å². The van der Waals surface area contributed by atoms with Crippen molar-refractivity contribution in [1.82, 2.24) is 0 Å². The van der Waals surface area contributed by atoms with E-state index in [1.807, 2.05) is 0 Å². The number of nitrogens with zero attached hydrogens (tertiary/aromatic N) is 1. The van der Waals surface area contributed by atoms with E-state index in [-0.39, 0.29) is 11.3 Å². The molecule has 0 aliphatic rings. The lowest BCUT2D eigenvalue weighted by atomic mass is 10.2. The van der Waals surface area contributed by atoms with Crippen LogP contribution in [-0.2, 0) is 5.33 Å². The molecule has 2 rings (SSSR count).